The number of nitrogen functional groups attached to an aromatic ring is 1. The van der Waals surface area contributed by atoms with Gasteiger partial charge in [0.25, 0.3) is 0 Å². The molecule has 3 aromatic heterocycles. The Morgan fingerprint density at radius 1 is 0.872 bits per heavy atom. The van der Waals surface area contributed by atoms with E-state index < -0.39 is 11.9 Å². The topological polar surface area (TPSA) is 130 Å². The molecule has 0 radical (unpaired) electrons. The Hall–Kier alpha value is -4.89. The van der Waals surface area contributed by atoms with Gasteiger partial charge in [0, 0.05) is 28.9 Å². The highest BCUT2D eigenvalue weighted by Gasteiger charge is 2.22. The van der Waals surface area contributed by atoms with Crippen molar-refractivity contribution in [2.45, 2.75) is 13.5 Å². The lowest BCUT2D eigenvalue weighted by atomic mass is 10.0. The predicted molar refractivity (Wildman–Crippen MR) is 147 cm³/mol. The highest BCUT2D eigenvalue weighted by Crippen LogP contribution is 2.35. The second-order valence-electron chi connectivity index (χ2n) is 8.39. The van der Waals surface area contributed by atoms with E-state index in [-0.39, 0.29) is 24.7 Å². The van der Waals surface area contributed by atoms with Crippen LogP contribution in [0.5, 0.6) is 0 Å². The maximum absolute atomic E-state index is 13.1. The van der Waals surface area contributed by atoms with Crippen molar-refractivity contribution < 1.29 is 19.1 Å². The van der Waals surface area contributed by atoms with Crippen LogP contribution >= 0.6 is 11.6 Å². The monoisotopic (exact) mass is 539 g/mol. The minimum Gasteiger partial charge on any atom is -0.462 e. The number of hydrogen-bond donors (Lipinski definition) is 1. The highest BCUT2D eigenvalue weighted by atomic mass is 35.5. The summed E-state index contributed by atoms with van der Waals surface area (Å²) in [5.74, 6) is -1.33. The summed E-state index contributed by atoms with van der Waals surface area (Å²) in [4.78, 5) is 42.6. The average Bonchev–Trinajstić information content (AvgIpc) is 2.96. The van der Waals surface area contributed by atoms with Gasteiger partial charge in [0.2, 0.25) is 0 Å². The molecule has 0 atom stereocenters. The van der Waals surface area contributed by atoms with Crippen molar-refractivity contribution in [3.05, 3.63) is 101 Å². The molecule has 2 N–H and O–H groups in total. The molecule has 39 heavy (non-hydrogen) atoms. The Balaban J connectivity index is 1.49. The standard InChI is InChI=1S/C29H22ClN5O4/c1-2-38-28(36)19-10-11-21(33-15-19)16-39-29(37)26-27(31)35-24(17-7-4-3-5-8-17)25(34-26)20-13-18-9-6-12-32-23(18)22(30)14-20/h3-15H,2,16H2,1H3,(H2,31,35). The first-order valence-corrected chi connectivity index (χ1v) is 12.4. The van der Waals surface area contributed by atoms with E-state index in [2.05, 4.69) is 19.9 Å². The second kappa shape index (κ2) is 11.2. The number of pyridine rings is 2. The van der Waals surface area contributed by atoms with Gasteiger partial charge in [-0.25, -0.2) is 19.6 Å². The van der Waals surface area contributed by atoms with Gasteiger partial charge in [-0.1, -0.05) is 48.0 Å². The molecule has 9 nitrogen and oxygen atoms in total. The predicted octanol–water partition coefficient (Wildman–Crippen LogP) is 5.52. The fourth-order valence-electron chi connectivity index (χ4n) is 3.93. The maximum Gasteiger partial charge on any atom is 0.361 e. The number of nitrogens with two attached hydrogens (primary N) is 1. The molecule has 0 aliphatic carbocycles. The molecular weight excluding hydrogens is 518 g/mol. The van der Waals surface area contributed by atoms with Crippen molar-refractivity contribution >= 4 is 40.3 Å². The molecule has 5 aromatic rings. The van der Waals surface area contributed by atoms with Crippen molar-refractivity contribution in [3.8, 4) is 22.5 Å². The molecule has 0 amide bonds. The van der Waals surface area contributed by atoms with Crippen LogP contribution in [0.15, 0.2) is 79.1 Å². The van der Waals surface area contributed by atoms with Gasteiger partial charge in [-0.15, -0.1) is 0 Å². The Labute approximate surface area is 228 Å². The van der Waals surface area contributed by atoms with Crippen molar-refractivity contribution in [1.82, 2.24) is 19.9 Å². The van der Waals surface area contributed by atoms with E-state index in [0.717, 1.165) is 10.9 Å². The molecule has 10 heteroatoms. The van der Waals surface area contributed by atoms with E-state index >= 15 is 0 Å². The lowest BCUT2D eigenvalue weighted by Crippen LogP contribution is -2.14. The molecule has 0 unspecified atom stereocenters. The van der Waals surface area contributed by atoms with Gasteiger partial charge >= 0.3 is 11.9 Å². The molecule has 0 aliphatic heterocycles. The molecular formula is C29H22ClN5O4. The summed E-state index contributed by atoms with van der Waals surface area (Å²) in [6.45, 7) is 1.82. The molecule has 3 heterocycles. The van der Waals surface area contributed by atoms with Gasteiger partial charge in [0.15, 0.2) is 11.5 Å². The quantitative estimate of drug-likeness (QED) is 0.265. The van der Waals surface area contributed by atoms with Gasteiger partial charge < -0.3 is 15.2 Å². The zero-order valence-corrected chi connectivity index (χ0v) is 21.6. The van der Waals surface area contributed by atoms with Crippen molar-refractivity contribution in [2.75, 3.05) is 12.3 Å². The molecule has 0 spiro atoms. The Morgan fingerprint density at radius 3 is 2.41 bits per heavy atom. The van der Waals surface area contributed by atoms with E-state index in [9.17, 15) is 9.59 Å². The molecule has 0 saturated heterocycles. The number of esters is 2. The third-order valence-electron chi connectivity index (χ3n) is 5.78. The van der Waals surface area contributed by atoms with Crippen LogP contribution in [0.3, 0.4) is 0 Å². The minimum absolute atomic E-state index is 0.0817. The van der Waals surface area contributed by atoms with Gasteiger partial charge in [-0.05, 0) is 37.3 Å². The number of fused-ring (bicyclic) bond motifs is 1. The fraction of sp³-hybridized carbons (Fsp3) is 0.103. The number of hydrogen-bond acceptors (Lipinski definition) is 9. The lowest BCUT2D eigenvalue weighted by molar-refractivity contribution is 0.0458. The Morgan fingerprint density at radius 2 is 1.67 bits per heavy atom. The minimum atomic E-state index is -0.773. The van der Waals surface area contributed by atoms with Crippen molar-refractivity contribution in [2.24, 2.45) is 0 Å². The molecule has 0 saturated carbocycles. The number of anilines is 1. The van der Waals surface area contributed by atoms with Crippen molar-refractivity contribution in [3.63, 3.8) is 0 Å². The molecule has 0 bridgehead atoms. The smallest absolute Gasteiger partial charge is 0.361 e. The van der Waals surface area contributed by atoms with Crippen LogP contribution in [0.25, 0.3) is 33.4 Å². The van der Waals surface area contributed by atoms with Crippen LogP contribution in [0.1, 0.15) is 33.5 Å². The van der Waals surface area contributed by atoms with Gasteiger partial charge in [0.05, 0.1) is 39.8 Å². The first-order chi connectivity index (χ1) is 18.9. The number of rotatable bonds is 7. The van der Waals surface area contributed by atoms with Gasteiger partial charge in [-0.3, -0.25) is 9.97 Å². The molecule has 0 fully saturated rings. The zero-order chi connectivity index (χ0) is 27.4. The maximum atomic E-state index is 13.1. The Kier molecular flexibility index (Phi) is 7.42. The van der Waals surface area contributed by atoms with E-state index in [0.29, 0.717) is 38.7 Å². The van der Waals surface area contributed by atoms with E-state index in [1.807, 2.05) is 48.5 Å². The van der Waals surface area contributed by atoms with Crippen LogP contribution in [0.4, 0.5) is 5.82 Å². The van der Waals surface area contributed by atoms with Gasteiger partial charge in [-0.2, -0.15) is 0 Å². The summed E-state index contributed by atoms with van der Waals surface area (Å²) in [6.07, 6.45) is 3.03. The van der Waals surface area contributed by atoms with Crippen molar-refractivity contribution in [1.29, 1.82) is 0 Å². The zero-order valence-electron chi connectivity index (χ0n) is 20.8. The summed E-state index contributed by atoms with van der Waals surface area (Å²) < 4.78 is 10.4. The number of carbonyl (C=O) groups excluding carboxylic acids is 2. The SMILES string of the molecule is CCOC(=O)c1ccc(COC(=O)c2nc(-c3cc(Cl)c4ncccc4c3)c(-c3ccccc3)nc2N)nc1. The van der Waals surface area contributed by atoms with E-state index in [1.165, 1.54) is 6.20 Å². The van der Waals surface area contributed by atoms with Crippen LogP contribution in [0, 0.1) is 0 Å². The van der Waals surface area contributed by atoms with Crippen LogP contribution in [0.2, 0.25) is 5.02 Å². The van der Waals surface area contributed by atoms with Crippen LogP contribution in [-0.4, -0.2) is 38.5 Å². The summed E-state index contributed by atoms with van der Waals surface area (Å²) in [6, 6.07) is 19.8. The largest absolute Gasteiger partial charge is 0.462 e. The third kappa shape index (κ3) is 5.53. The third-order valence-corrected chi connectivity index (χ3v) is 6.07. The molecule has 0 aliphatic rings. The van der Waals surface area contributed by atoms with E-state index in [4.69, 9.17) is 26.8 Å². The Bertz CT molecular complexity index is 1680. The molecule has 194 valence electrons. The average molecular weight is 540 g/mol. The number of carbonyl (C=O) groups is 2. The number of benzene rings is 2. The molecule has 2 aromatic carbocycles. The van der Waals surface area contributed by atoms with Crippen LogP contribution < -0.4 is 5.73 Å². The summed E-state index contributed by atoms with van der Waals surface area (Å²) >= 11 is 6.55. The number of halogens is 1. The summed E-state index contributed by atoms with van der Waals surface area (Å²) in [5, 5.41) is 1.24. The fourth-order valence-corrected chi connectivity index (χ4v) is 4.21. The first kappa shape index (κ1) is 25.7. The molecule has 5 rings (SSSR count). The van der Waals surface area contributed by atoms with Crippen LogP contribution in [-0.2, 0) is 16.1 Å². The summed E-state index contributed by atoms with van der Waals surface area (Å²) in [5.41, 5.74) is 9.73. The summed E-state index contributed by atoms with van der Waals surface area (Å²) in [7, 11) is 0. The number of aromatic nitrogens is 4. The highest BCUT2D eigenvalue weighted by molar-refractivity contribution is 6.35. The van der Waals surface area contributed by atoms with E-state index in [1.54, 1.807) is 31.3 Å². The number of ether oxygens (including phenoxy) is 2. The lowest BCUT2D eigenvalue weighted by Gasteiger charge is -2.14. The number of nitrogens with zero attached hydrogens (tertiary/aromatic N) is 4. The normalized spacial score (nSPS) is 10.8. The first-order valence-electron chi connectivity index (χ1n) is 12.0. The second-order valence-corrected chi connectivity index (χ2v) is 8.80. The van der Waals surface area contributed by atoms with Gasteiger partial charge in [0.1, 0.15) is 6.61 Å².